The van der Waals surface area contributed by atoms with Crippen LogP contribution in [0.5, 0.6) is 0 Å². The van der Waals surface area contributed by atoms with Crippen LogP contribution in [0.3, 0.4) is 0 Å². The smallest absolute Gasteiger partial charge is 0.224 e. The summed E-state index contributed by atoms with van der Waals surface area (Å²) in [6.07, 6.45) is 5.28. The van der Waals surface area contributed by atoms with E-state index in [4.69, 9.17) is 0 Å². The van der Waals surface area contributed by atoms with E-state index >= 15 is 0 Å². The van der Waals surface area contributed by atoms with Gasteiger partial charge in [0.25, 0.3) is 0 Å². The molecule has 92 valence electrons. The second-order valence-corrected chi connectivity index (χ2v) is 5.03. The second-order valence-electron chi connectivity index (χ2n) is 5.03. The topological polar surface area (TPSA) is 61.4 Å². The Morgan fingerprint density at radius 3 is 2.88 bits per heavy atom. The molecule has 1 amide bonds. The third-order valence-electron chi connectivity index (χ3n) is 3.89. The quantitative estimate of drug-likeness (QED) is 0.647. The molecule has 4 heteroatoms. The first-order valence-corrected chi connectivity index (χ1v) is 6.43. The van der Waals surface area contributed by atoms with E-state index in [0.29, 0.717) is 0 Å². The van der Waals surface area contributed by atoms with Crippen molar-refractivity contribution in [2.75, 3.05) is 19.7 Å². The van der Waals surface area contributed by atoms with Crippen LogP contribution in [0.4, 0.5) is 0 Å². The Kier molecular flexibility index (Phi) is 4.18. The van der Waals surface area contributed by atoms with Crippen LogP contribution in [0.2, 0.25) is 0 Å². The molecule has 16 heavy (non-hydrogen) atoms. The summed E-state index contributed by atoms with van der Waals surface area (Å²) in [5.41, 5.74) is 0. The lowest BCUT2D eigenvalue weighted by atomic mass is 9.97. The van der Waals surface area contributed by atoms with Gasteiger partial charge in [-0.1, -0.05) is 6.42 Å². The number of carbonyl (C=O) groups is 1. The highest BCUT2D eigenvalue weighted by Gasteiger charge is 2.30. The summed E-state index contributed by atoms with van der Waals surface area (Å²) in [6.45, 7) is 2.04. The number of aliphatic hydroxyl groups is 1. The van der Waals surface area contributed by atoms with Crippen molar-refractivity contribution in [1.82, 2.24) is 10.6 Å². The third kappa shape index (κ3) is 2.74. The van der Waals surface area contributed by atoms with Crippen molar-refractivity contribution in [2.45, 2.75) is 38.1 Å². The van der Waals surface area contributed by atoms with Crippen molar-refractivity contribution < 1.29 is 9.90 Å². The minimum Gasteiger partial charge on any atom is -0.396 e. The molecule has 2 rings (SSSR count). The molecular weight excluding hydrogens is 204 g/mol. The molecular formula is C12H22N2O2. The van der Waals surface area contributed by atoms with Gasteiger partial charge in [-0.2, -0.15) is 0 Å². The predicted molar refractivity (Wildman–Crippen MR) is 62.0 cm³/mol. The Morgan fingerprint density at radius 1 is 1.31 bits per heavy atom. The molecule has 2 aliphatic rings. The van der Waals surface area contributed by atoms with Crippen LogP contribution in [0.1, 0.15) is 32.1 Å². The first kappa shape index (κ1) is 11.9. The predicted octanol–water partition coefficient (Wildman–Crippen LogP) is 0.263. The second kappa shape index (κ2) is 5.64. The van der Waals surface area contributed by atoms with Gasteiger partial charge in [-0.25, -0.2) is 0 Å². The van der Waals surface area contributed by atoms with Gasteiger partial charge in [0.2, 0.25) is 5.91 Å². The number of amides is 1. The van der Waals surface area contributed by atoms with E-state index in [1.54, 1.807) is 0 Å². The van der Waals surface area contributed by atoms with Crippen molar-refractivity contribution in [1.29, 1.82) is 0 Å². The molecule has 0 spiro atoms. The average molecular weight is 226 g/mol. The Bertz CT molecular complexity index is 239. The summed E-state index contributed by atoms with van der Waals surface area (Å²) >= 11 is 0. The maximum Gasteiger partial charge on any atom is 0.224 e. The molecule has 1 saturated heterocycles. The normalized spacial score (nSPS) is 34.9. The van der Waals surface area contributed by atoms with Crippen molar-refractivity contribution >= 4 is 5.91 Å². The zero-order valence-electron chi connectivity index (χ0n) is 9.74. The van der Waals surface area contributed by atoms with Gasteiger partial charge in [-0.05, 0) is 32.2 Å². The summed E-state index contributed by atoms with van der Waals surface area (Å²) in [7, 11) is 0. The molecule has 1 saturated carbocycles. The number of hydrogen-bond acceptors (Lipinski definition) is 3. The molecule has 3 N–H and O–H groups in total. The zero-order valence-corrected chi connectivity index (χ0v) is 9.74. The molecule has 0 aromatic rings. The number of aliphatic hydroxyl groups excluding tert-OH is 1. The number of hydrogen-bond donors (Lipinski definition) is 3. The Labute approximate surface area is 96.8 Å². The minimum atomic E-state index is 0.133. The fourth-order valence-corrected chi connectivity index (χ4v) is 2.82. The van der Waals surface area contributed by atoms with Gasteiger partial charge in [0.15, 0.2) is 0 Å². The summed E-state index contributed by atoms with van der Waals surface area (Å²) in [5.74, 6) is 0.590. The molecule has 3 atom stereocenters. The van der Waals surface area contributed by atoms with Crippen LogP contribution in [0, 0.1) is 11.8 Å². The summed E-state index contributed by atoms with van der Waals surface area (Å²) in [5, 5.41) is 15.6. The van der Waals surface area contributed by atoms with Gasteiger partial charge in [-0.3, -0.25) is 4.79 Å². The van der Waals surface area contributed by atoms with Crippen LogP contribution in [-0.4, -0.2) is 36.8 Å². The van der Waals surface area contributed by atoms with E-state index < -0.39 is 0 Å². The number of rotatable bonds is 3. The zero-order chi connectivity index (χ0) is 11.4. The van der Waals surface area contributed by atoms with Gasteiger partial charge in [0.05, 0.1) is 5.92 Å². The molecule has 0 bridgehead atoms. The summed E-state index contributed by atoms with van der Waals surface area (Å²) in [6, 6.07) is 0.208. The highest BCUT2D eigenvalue weighted by atomic mass is 16.3. The average Bonchev–Trinajstić information content (AvgIpc) is 2.77. The fraction of sp³-hybridized carbons (Fsp3) is 0.917. The van der Waals surface area contributed by atoms with Gasteiger partial charge in [0, 0.05) is 25.1 Å². The lowest BCUT2D eigenvalue weighted by molar-refractivity contribution is -0.126. The minimum absolute atomic E-state index is 0.133. The first-order chi connectivity index (χ1) is 7.81. The molecule has 1 heterocycles. The van der Waals surface area contributed by atoms with E-state index in [-0.39, 0.29) is 30.4 Å². The molecule has 2 fully saturated rings. The third-order valence-corrected chi connectivity index (χ3v) is 3.89. The fourth-order valence-electron chi connectivity index (χ4n) is 2.82. The van der Waals surface area contributed by atoms with Gasteiger partial charge in [0.1, 0.15) is 0 Å². The lowest BCUT2D eigenvalue weighted by Gasteiger charge is -2.25. The monoisotopic (exact) mass is 226 g/mol. The summed E-state index contributed by atoms with van der Waals surface area (Å²) in [4.78, 5) is 12.0. The van der Waals surface area contributed by atoms with Gasteiger partial charge < -0.3 is 15.7 Å². The molecule has 0 aromatic carbocycles. The van der Waals surface area contributed by atoms with Crippen LogP contribution < -0.4 is 10.6 Å². The molecule has 1 aliphatic carbocycles. The van der Waals surface area contributed by atoms with Crippen LogP contribution in [0.25, 0.3) is 0 Å². The largest absolute Gasteiger partial charge is 0.396 e. The van der Waals surface area contributed by atoms with E-state index in [0.717, 1.165) is 45.2 Å². The van der Waals surface area contributed by atoms with Crippen LogP contribution in [0.15, 0.2) is 0 Å². The van der Waals surface area contributed by atoms with Gasteiger partial charge in [-0.15, -0.1) is 0 Å². The van der Waals surface area contributed by atoms with Gasteiger partial charge >= 0.3 is 0 Å². The molecule has 4 nitrogen and oxygen atoms in total. The van der Waals surface area contributed by atoms with E-state index in [1.165, 1.54) is 0 Å². The lowest BCUT2D eigenvalue weighted by Crippen LogP contribution is -2.46. The standard InChI is InChI=1S/C12H22N2O2/c15-8-10-3-1-5-11(10)14-12(16)9-4-2-6-13-7-9/h9-11,13,15H,1-8H2,(H,14,16)/t9-,10?,11?/m0/s1. The maximum atomic E-state index is 12.0. The number of piperidine rings is 1. The Hall–Kier alpha value is -0.610. The van der Waals surface area contributed by atoms with E-state index in [2.05, 4.69) is 10.6 Å². The molecule has 0 radical (unpaired) electrons. The number of nitrogens with one attached hydrogen (secondary N) is 2. The maximum absolute atomic E-state index is 12.0. The molecule has 0 aromatic heterocycles. The van der Waals surface area contributed by atoms with Crippen molar-refractivity contribution in [2.24, 2.45) is 11.8 Å². The highest BCUT2D eigenvalue weighted by molar-refractivity contribution is 5.79. The van der Waals surface area contributed by atoms with Crippen LogP contribution >= 0.6 is 0 Å². The van der Waals surface area contributed by atoms with Crippen molar-refractivity contribution in [3.8, 4) is 0 Å². The first-order valence-electron chi connectivity index (χ1n) is 6.43. The Morgan fingerprint density at radius 2 is 2.19 bits per heavy atom. The Balaban J connectivity index is 1.81. The molecule has 2 unspecified atom stereocenters. The SMILES string of the molecule is O=C(NC1CCCC1CO)[C@H]1CCCNC1. The van der Waals surface area contributed by atoms with Crippen molar-refractivity contribution in [3.05, 3.63) is 0 Å². The van der Waals surface area contributed by atoms with E-state index in [9.17, 15) is 9.90 Å². The number of carbonyl (C=O) groups excluding carboxylic acids is 1. The highest BCUT2D eigenvalue weighted by Crippen LogP contribution is 2.25. The van der Waals surface area contributed by atoms with Crippen molar-refractivity contribution in [3.63, 3.8) is 0 Å². The van der Waals surface area contributed by atoms with E-state index in [1.807, 2.05) is 0 Å². The summed E-state index contributed by atoms with van der Waals surface area (Å²) < 4.78 is 0. The molecule has 1 aliphatic heterocycles. The van der Waals surface area contributed by atoms with Crippen LogP contribution in [-0.2, 0) is 4.79 Å².